The molecule has 0 spiro atoms. The van der Waals surface area contributed by atoms with Crippen molar-refractivity contribution in [2.24, 2.45) is 0 Å². The van der Waals surface area contributed by atoms with Crippen LogP contribution in [0, 0.1) is 13.8 Å². The molecule has 0 bridgehead atoms. The van der Waals surface area contributed by atoms with Crippen LogP contribution in [0.4, 0.5) is 0 Å². The molecule has 1 heterocycles. The lowest BCUT2D eigenvalue weighted by atomic mass is 10.4. The average molecular weight is 332 g/mol. The van der Waals surface area contributed by atoms with E-state index in [1.165, 1.54) is 14.0 Å². The van der Waals surface area contributed by atoms with E-state index in [-0.39, 0.29) is 28.8 Å². The lowest BCUT2D eigenvalue weighted by Gasteiger charge is -2.16. The number of amides is 1. The highest BCUT2D eigenvalue weighted by atomic mass is 32.2. The molecular weight excluding hydrogens is 308 g/mol. The molecule has 0 unspecified atom stereocenters. The zero-order chi connectivity index (χ0) is 16.9. The van der Waals surface area contributed by atoms with Crippen LogP contribution in [0.2, 0.25) is 0 Å². The largest absolute Gasteiger partial charge is 0.360 e. The molecule has 0 atom stereocenters. The highest BCUT2D eigenvalue weighted by Gasteiger charge is 2.29. The minimum Gasteiger partial charge on any atom is -0.360 e. The number of hydrogen-bond acceptors (Lipinski definition) is 6. The van der Waals surface area contributed by atoms with Crippen molar-refractivity contribution in [3.8, 4) is 0 Å². The maximum Gasteiger partial charge on any atom is 0.248 e. The van der Waals surface area contributed by atoms with Crippen molar-refractivity contribution in [1.82, 2.24) is 19.7 Å². The SMILES string of the molecule is Cc1noc(C)c1S(=O)(=O)N(C)CC(=O)NCCCN(C)C. The summed E-state index contributed by atoms with van der Waals surface area (Å²) in [5, 5.41) is 6.34. The van der Waals surface area contributed by atoms with Crippen molar-refractivity contribution in [2.45, 2.75) is 25.2 Å². The first kappa shape index (κ1) is 18.6. The third-order valence-electron chi connectivity index (χ3n) is 3.11. The summed E-state index contributed by atoms with van der Waals surface area (Å²) in [5.74, 6) is -0.118. The van der Waals surface area contributed by atoms with Crippen LogP contribution in [-0.2, 0) is 14.8 Å². The van der Waals surface area contributed by atoms with Crippen molar-refractivity contribution in [1.29, 1.82) is 0 Å². The molecule has 0 aliphatic heterocycles. The summed E-state index contributed by atoms with van der Waals surface area (Å²) >= 11 is 0. The summed E-state index contributed by atoms with van der Waals surface area (Å²) in [6.07, 6.45) is 0.805. The third-order valence-corrected chi connectivity index (χ3v) is 5.16. The van der Waals surface area contributed by atoms with Crippen LogP contribution in [0.5, 0.6) is 0 Å². The van der Waals surface area contributed by atoms with Gasteiger partial charge in [0.25, 0.3) is 0 Å². The van der Waals surface area contributed by atoms with Gasteiger partial charge in [0.1, 0.15) is 10.6 Å². The summed E-state index contributed by atoms with van der Waals surface area (Å²) in [5.41, 5.74) is 0.288. The van der Waals surface area contributed by atoms with E-state index in [0.717, 1.165) is 17.3 Å². The molecule has 22 heavy (non-hydrogen) atoms. The number of nitrogens with one attached hydrogen (secondary N) is 1. The molecule has 8 nitrogen and oxygen atoms in total. The van der Waals surface area contributed by atoms with Crippen LogP contribution in [0.3, 0.4) is 0 Å². The first-order valence-electron chi connectivity index (χ1n) is 6.97. The van der Waals surface area contributed by atoms with Crippen molar-refractivity contribution in [2.75, 3.05) is 40.8 Å². The fraction of sp³-hybridized carbons (Fsp3) is 0.692. The zero-order valence-corrected chi connectivity index (χ0v) is 14.5. The van der Waals surface area contributed by atoms with Crippen molar-refractivity contribution < 1.29 is 17.7 Å². The van der Waals surface area contributed by atoms with Crippen LogP contribution in [0.15, 0.2) is 9.42 Å². The van der Waals surface area contributed by atoms with E-state index < -0.39 is 10.0 Å². The Morgan fingerprint density at radius 1 is 1.27 bits per heavy atom. The van der Waals surface area contributed by atoms with E-state index in [0.29, 0.717) is 6.54 Å². The molecule has 1 amide bonds. The summed E-state index contributed by atoms with van der Waals surface area (Å²) in [6.45, 7) is 4.21. The molecule has 1 aromatic rings. The molecule has 1 aromatic heterocycles. The maximum absolute atomic E-state index is 12.4. The van der Waals surface area contributed by atoms with Crippen LogP contribution in [0.1, 0.15) is 17.9 Å². The highest BCUT2D eigenvalue weighted by molar-refractivity contribution is 7.89. The van der Waals surface area contributed by atoms with Gasteiger partial charge in [-0.15, -0.1) is 0 Å². The summed E-state index contributed by atoms with van der Waals surface area (Å²) < 4.78 is 30.7. The Morgan fingerprint density at radius 3 is 2.41 bits per heavy atom. The minimum absolute atomic E-state index is 0.0235. The molecule has 0 saturated heterocycles. The molecule has 126 valence electrons. The van der Waals surface area contributed by atoms with Gasteiger partial charge < -0.3 is 14.7 Å². The van der Waals surface area contributed by atoms with Gasteiger partial charge in [0.2, 0.25) is 15.9 Å². The van der Waals surface area contributed by atoms with Gasteiger partial charge in [0.15, 0.2) is 5.76 Å². The van der Waals surface area contributed by atoms with Crippen LogP contribution >= 0.6 is 0 Å². The van der Waals surface area contributed by atoms with Crippen molar-refractivity contribution in [3.63, 3.8) is 0 Å². The van der Waals surface area contributed by atoms with E-state index in [9.17, 15) is 13.2 Å². The predicted molar refractivity (Wildman–Crippen MR) is 82.0 cm³/mol. The van der Waals surface area contributed by atoms with Gasteiger partial charge in [-0.05, 0) is 40.9 Å². The summed E-state index contributed by atoms with van der Waals surface area (Å²) in [6, 6.07) is 0. The maximum atomic E-state index is 12.4. The van der Waals surface area contributed by atoms with E-state index in [2.05, 4.69) is 10.5 Å². The number of aryl methyl sites for hydroxylation is 2. The van der Waals surface area contributed by atoms with Gasteiger partial charge in [0.05, 0.1) is 6.54 Å². The standard InChI is InChI=1S/C13H24N4O4S/c1-10-13(11(2)21-15-10)22(19,20)17(5)9-12(18)14-7-6-8-16(3)4/h6-9H2,1-5H3,(H,14,18). The van der Waals surface area contributed by atoms with Crippen molar-refractivity contribution in [3.05, 3.63) is 11.5 Å². The number of likely N-dealkylation sites (N-methyl/N-ethyl adjacent to an activating group) is 1. The average Bonchev–Trinajstić information content (AvgIpc) is 2.74. The Kier molecular flexibility index (Phi) is 6.51. The molecule has 0 saturated carbocycles. The molecule has 0 radical (unpaired) electrons. The third kappa shape index (κ3) is 4.79. The Bertz CT molecular complexity index is 590. The zero-order valence-electron chi connectivity index (χ0n) is 13.7. The van der Waals surface area contributed by atoms with Gasteiger partial charge in [-0.1, -0.05) is 5.16 Å². The molecule has 0 aromatic carbocycles. The molecule has 9 heteroatoms. The van der Waals surface area contributed by atoms with E-state index in [1.807, 2.05) is 19.0 Å². The number of nitrogens with zero attached hydrogens (tertiary/aromatic N) is 3. The second-order valence-electron chi connectivity index (χ2n) is 5.42. The molecule has 1 rings (SSSR count). The number of sulfonamides is 1. The Labute approximate surface area is 131 Å². The molecule has 0 aliphatic rings. The molecule has 0 fully saturated rings. The topological polar surface area (TPSA) is 95.8 Å². The van der Waals surface area contributed by atoms with E-state index >= 15 is 0 Å². The lowest BCUT2D eigenvalue weighted by molar-refractivity contribution is -0.121. The van der Waals surface area contributed by atoms with Gasteiger partial charge in [-0.2, -0.15) is 4.31 Å². The number of aromatic nitrogens is 1. The quantitative estimate of drug-likeness (QED) is 0.672. The van der Waals surface area contributed by atoms with Gasteiger partial charge in [-0.25, -0.2) is 8.42 Å². The lowest BCUT2D eigenvalue weighted by Crippen LogP contribution is -2.39. The predicted octanol–water partition coefficient (Wildman–Crippen LogP) is -0.0202. The first-order valence-corrected chi connectivity index (χ1v) is 8.41. The minimum atomic E-state index is -3.79. The van der Waals surface area contributed by atoms with Gasteiger partial charge >= 0.3 is 0 Å². The van der Waals surface area contributed by atoms with Crippen LogP contribution < -0.4 is 5.32 Å². The number of rotatable bonds is 8. The van der Waals surface area contributed by atoms with Crippen LogP contribution in [-0.4, -0.2) is 69.5 Å². The van der Waals surface area contributed by atoms with E-state index in [4.69, 9.17) is 4.52 Å². The first-order chi connectivity index (χ1) is 10.2. The van der Waals surface area contributed by atoms with Crippen molar-refractivity contribution >= 4 is 15.9 Å². The number of carbonyl (C=O) groups excluding carboxylic acids is 1. The van der Waals surface area contributed by atoms with Crippen LogP contribution in [0.25, 0.3) is 0 Å². The Balaban J connectivity index is 2.61. The molecule has 1 N–H and O–H groups in total. The fourth-order valence-electron chi connectivity index (χ4n) is 1.96. The van der Waals surface area contributed by atoms with Gasteiger partial charge in [-0.3, -0.25) is 4.79 Å². The molecule has 0 aliphatic carbocycles. The Morgan fingerprint density at radius 2 is 1.91 bits per heavy atom. The van der Waals surface area contributed by atoms with E-state index in [1.54, 1.807) is 6.92 Å². The monoisotopic (exact) mass is 332 g/mol. The highest BCUT2D eigenvalue weighted by Crippen LogP contribution is 2.21. The number of carbonyl (C=O) groups is 1. The molecular formula is C13H24N4O4S. The second kappa shape index (κ2) is 7.70. The Hall–Kier alpha value is -1.45. The fourth-order valence-corrected chi connectivity index (χ4v) is 3.37. The normalized spacial score (nSPS) is 12.1. The second-order valence-corrected chi connectivity index (χ2v) is 7.40. The summed E-state index contributed by atoms with van der Waals surface area (Å²) in [7, 11) is 1.47. The smallest absolute Gasteiger partial charge is 0.248 e. The van der Waals surface area contributed by atoms with Gasteiger partial charge in [0, 0.05) is 13.6 Å². The number of hydrogen-bond donors (Lipinski definition) is 1. The summed E-state index contributed by atoms with van der Waals surface area (Å²) in [4.78, 5) is 13.9.